The molecule has 0 atom stereocenters. The average molecular weight is 442 g/mol. The number of amides is 1. The van der Waals surface area contributed by atoms with Gasteiger partial charge >= 0.3 is 0 Å². The van der Waals surface area contributed by atoms with Gasteiger partial charge in [0.15, 0.2) is 5.96 Å². The molecule has 0 radical (unpaired) electrons. The van der Waals surface area contributed by atoms with E-state index in [9.17, 15) is 4.79 Å². The molecule has 1 amide bonds. The first-order valence-corrected chi connectivity index (χ1v) is 12.3. The van der Waals surface area contributed by atoms with Gasteiger partial charge in [-0.15, -0.1) is 0 Å². The van der Waals surface area contributed by atoms with Crippen molar-refractivity contribution in [2.45, 2.75) is 63.6 Å². The van der Waals surface area contributed by atoms with E-state index in [1.807, 2.05) is 11.9 Å². The van der Waals surface area contributed by atoms with Gasteiger partial charge in [-0.3, -0.25) is 14.7 Å². The van der Waals surface area contributed by atoms with Gasteiger partial charge in [0.25, 0.3) is 0 Å². The molecule has 1 aliphatic carbocycles. The molecule has 7 heteroatoms. The monoisotopic (exact) mass is 441 g/mol. The number of carbonyl (C=O) groups is 1. The summed E-state index contributed by atoms with van der Waals surface area (Å²) >= 11 is 0. The third-order valence-corrected chi connectivity index (χ3v) is 7.27. The summed E-state index contributed by atoms with van der Waals surface area (Å²) in [7, 11) is 1.84. The van der Waals surface area contributed by atoms with Crippen molar-refractivity contribution in [3.63, 3.8) is 0 Å². The Bertz CT molecular complexity index is 784. The van der Waals surface area contributed by atoms with Crippen LogP contribution in [0.1, 0.15) is 56.1 Å². The van der Waals surface area contributed by atoms with E-state index < -0.39 is 0 Å². The van der Waals surface area contributed by atoms with E-state index in [2.05, 4.69) is 44.8 Å². The van der Waals surface area contributed by atoms with Crippen LogP contribution in [0.5, 0.6) is 0 Å². The average Bonchev–Trinajstić information content (AvgIpc) is 3.25. The summed E-state index contributed by atoms with van der Waals surface area (Å²) in [4.78, 5) is 21.0. The Morgan fingerprint density at radius 3 is 2.56 bits per heavy atom. The molecule has 4 rings (SSSR count). The second kappa shape index (κ2) is 11.1. The van der Waals surface area contributed by atoms with Crippen molar-refractivity contribution in [1.29, 1.82) is 0 Å². The molecule has 2 aliphatic heterocycles. The summed E-state index contributed by atoms with van der Waals surface area (Å²) in [5.41, 5.74) is 2.61. The standard InChI is InChI=1S/C25H39N5O2/c1-26-24(28-20-25(10-3-2-4-11-25)30-13-15-32-16-14-30)27-18-21-7-5-8-22(17-21)19-29-12-6-9-23(29)31/h5,7-8,17H,2-4,6,9-16,18-20H2,1H3,(H2,26,27,28). The molecule has 2 N–H and O–H groups in total. The molecule has 3 aliphatic rings. The molecule has 0 bridgehead atoms. The van der Waals surface area contributed by atoms with Gasteiger partial charge < -0.3 is 20.3 Å². The van der Waals surface area contributed by atoms with Gasteiger partial charge in [0.2, 0.25) is 5.91 Å². The highest BCUT2D eigenvalue weighted by Crippen LogP contribution is 2.33. The topological polar surface area (TPSA) is 69.2 Å². The van der Waals surface area contributed by atoms with E-state index in [0.717, 1.165) is 51.8 Å². The van der Waals surface area contributed by atoms with Crippen molar-refractivity contribution < 1.29 is 9.53 Å². The fourth-order valence-corrected chi connectivity index (χ4v) is 5.44. The van der Waals surface area contributed by atoms with Crippen LogP contribution in [0.25, 0.3) is 0 Å². The zero-order chi connectivity index (χ0) is 22.2. The molecule has 0 aromatic heterocycles. The Hall–Kier alpha value is -2.12. The van der Waals surface area contributed by atoms with E-state index in [1.54, 1.807) is 0 Å². The lowest BCUT2D eigenvalue weighted by Gasteiger charge is -2.48. The number of nitrogens with one attached hydrogen (secondary N) is 2. The van der Waals surface area contributed by atoms with Gasteiger partial charge in [0.1, 0.15) is 0 Å². The molecule has 1 aromatic carbocycles. The normalized spacial score (nSPS) is 22.2. The van der Waals surface area contributed by atoms with E-state index in [4.69, 9.17) is 4.74 Å². The fraction of sp³-hybridized carbons (Fsp3) is 0.680. The van der Waals surface area contributed by atoms with Crippen molar-refractivity contribution in [1.82, 2.24) is 20.4 Å². The maximum atomic E-state index is 11.9. The van der Waals surface area contributed by atoms with Gasteiger partial charge in [-0.25, -0.2) is 0 Å². The van der Waals surface area contributed by atoms with Crippen LogP contribution in [-0.4, -0.2) is 73.6 Å². The first kappa shape index (κ1) is 23.1. The number of carbonyl (C=O) groups excluding carboxylic acids is 1. The zero-order valence-electron chi connectivity index (χ0n) is 19.6. The predicted octanol–water partition coefficient (Wildman–Crippen LogP) is 2.51. The van der Waals surface area contributed by atoms with Crippen molar-refractivity contribution in [2.24, 2.45) is 4.99 Å². The van der Waals surface area contributed by atoms with Crippen LogP contribution in [0.4, 0.5) is 0 Å². The van der Waals surface area contributed by atoms with Crippen molar-refractivity contribution >= 4 is 11.9 Å². The molecule has 3 fully saturated rings. The van der Waals surface area contributed by atoms with Gasteiger partial charge in [0.05, 0.1) is 13.2 Å². The van der Waals surface area contributed by atoms with E-state index in [0.29, 0.717) is 19.5 Å². The largest absolute Gasteiger partial charge is 0.379 e. The van der Waals surface area contributed by atoms with E-state index in [-0.39, 0.29) is 11.4 Å². The number of guanidine groups is 1. The van der Waals surface area contributed by atoms with Crippen molar-refractivity contribution in [3.8, 4) is 0 Å². The number of ether oxygens (including phenoxy) is 1. The molecule has 2 heterocycles. The smallest absolute Gasteiger partial charge is 0.222 e. The van der Waals surface area contributed by atoms with Crippen LogP contribution in [0.3, 0.4) is 0 Å². The fourth-order valence-electron chi connectivity index (χ4n) is 5.44. The minimum atomic E-state index is 0.210. The minimum absolute atomic E-state index is 0.210. The van der Waals surface area contributed by atoms with E-state index in [1.165, 1.54) is 43.2 Å². The SMILES string of the molecule is CN=C(NCc1cccc(CN2CCCC2=O)c1)NCC1(N2CCOCC2)CCCCC1. The van der Waals surface area contributed by atoms with Crippen molar-refractivity contribution in [2.75, 3.05) is 46.4 Å². The number of aliphatic imine (C=N–C) groups is 1. The Morgan fingerprint density at radius 1 is 1.06 bits per heavy atom. The van der Waals surface area contributed by atoms with E-state index >= 15 is 0 Å². The molecule has 32 heavy (non-hydrogen) atoms. The Balaban J connectivity index is 1.31. The predicted molar refractivity (Wildman–Crippen MR) is 128 cm³/mol. The lowest BCUT2D eigenvalue weighted by Crippen LogP contribution is -2.60. The third kappa shape index (κ3) is 5.81. The third-order valence-electron chi connectivity index (χ3n) is 7.27. The number of morpholine rings is 1. The number of hydrogen-bond donors (Lipinski definition) is 2. The van der Waals surface area contributed by atoms with Crippen LogP contribution < -0.4 is 10.6 Å². The summed E-state index contributed by atoms with van der Waals surface area (Å²) in [5.74, 6) is 1.12. The summed E-state index contributed by atoms with van der Waals surface area (Å²) in [6.45, 7) is 6.96. The molecular formula is C25H39N5O2. The maximum absolute atomic E-state index is 11.9. The second-order valence-corrected chi connectivity index (χ2v) is 9.40. The van der Waals surface area contributed by atoms with Gasteiger partial charge in [-0.05, 0) is 30.4 Å². The summed E-state index contributed by atoms with van der Waals surface area (Å²) < 4.78 is 5.61. The van der Waals surface area contributed by atoms with Gasteiger partial charge in [0, 0.05) is 58.3 Å². The number of rotatable bonds is 7. The quantitative estimate of drug-likeness (QED) is 0.503. The molecule has 1 aromatic rings. The molecule has 0 unspecified atom stereocenters. The van der Waals surface area contributed by atoms with Crippen LogP contribution in [0, 0.1) is 0 Å². The lowest BCUT2D eigenvalue weighted by molar-refractivity contribution is -0.128. The minimum Gasteiger partial charge on any atom is -0.379 e. The van der Waals surface area contributed by atoms with Crippen molar-refractivity contribution in [3.05, 3.63) is 35.4 Å². The van der Waals surface area contributed by atoms with Crippen LogP contribution in [-0.2, 0) is 22.6 Å². The molecule has 0 spiro atoms. The highest BCUT2D eigenvalue weighted by atomic mass is 16.5. The summed E-state index contributed by atoms with van der Waals surface area (Å²) in [6.07, 6.45) is 8.11. The number of hydrogen-bond acceptors (Lipinski definition) is 4. The zero-order valence-corrected chi connectivity index (χ0v) is 19.6. The summed E-state index contributed by atoms with van der Waals surface area (Å²) in [6, 6.07) is 8.52. The Kier molecular flexibility index (Phi) is 8.03. The highest BCUT2D eigenvalue weighted by Gasteiger charge is 2.38. The molecule has 2 saturated heterocycles. The van der Waals surface area contributed by atoms with Crippen LogP contribution in [0.15, 0.2) is 29.3 Å². The second-order valence-electron chi connectivity index (χ2n) is 9.40. The van der Waals surface area contributed by atoms with Gasteiger partial charge in [-0.2, -0.15) is 0 Å². The maximum Gasteiger partial charge on any atom is 0.222 e. The molecular weight excluding hydrogens is 402 g/mol. The number of likely N-dealkylation sites (tertiary alicyclic amines) is 1. The molecule has 7 nitrogen and oxygen atoms in total. The van der Waals surface area contributed by atoms with Crippen LogP contribution >= 0.6 is 0 Å². The number of benzene rings is 1. The Morgan fingerprint density at radius 2 is 1.84 bits per heavy atom. The van der Waals surface area contributed by atoms with Crippen LogP contribution in [0.2, 0.25) is 0 Å². The first-order chi connectivity index (χ1) is 15.7. The number of nitrogens with zero attached hydrogens (tertiary/aromatic N) is 3. The molecule has 1 saturated carbocycles. The van der Waals surface area contributed by atoms with Gasteiger partial charge in [-0.1, -0.05) is 43.5 Å². The highest BCUT2D eigenvalue weighted by molar-refractivity contribution is 5.79. The lowest BCUT2D eigenvalue weighted by atomic mass is 9.80. The summed E-state index contributed by atoms with van der Waals surface area (Å²) in [5, 5.41) is 7.12. The molecule has 176 valence electrons. The Labute approximate surface area is 192 Å². The first-order valence-electron chi connectivity index (χ1n) is 12.3.